The van der Waals surface area contributed by atoms with Crippen molar-refractivity contribution >= 4 is 5.91 Å². The predicted octanol–water partition coefficient (Wildman–Crippen LogP) is 4.35. The molecule has 0 aliphatic carbocycles. The molecule has 1 amide bonds. The summed E-state index contributed by atoms with van der Waals surface area (Å²) in [7, 11) is 0. The van der Waals surface area contributed by atoms with Crippen molar-refractivity contribution in [1.29, 1.82) is 0 Å². The number of nitrogens with one attached hydrogen (secondary N) is 1. The zero-order valence-corrected chi connectivity index (χ0v) is 14.8. The van der Waals surface area contributed by atoms with Crippen molar-refractivity contribution in [2.24, 2.45) is 5.73 Å². The zero-order chi connectivity index (χ0) is 16.9. The molecule has 1 rings (SSSR count). The Labute approximate surface area is 140 Å². The van der Waals surface area contributed by atoms with Crippen molar-refractivity contribution in [3.63, 3.8) is 0 Å². The highest BCUT2D eigenvalue weighted by Gasteiger charge is 2.15. The standard InChI is InChI=1S/C18H33N3O2/c1-3-5-6-7-8-9-10-11-12-13-20-17(22)16-14-23-18(21-16)15(19)4-2/h14-15H,3-13,19H2,1-2H3,(H,20,22). The van der Waals surface area contributed by atoms with Gasteiger partial charge in [-0.05, 0) is 12.8 Å². The maximum atomic E-state index is 11.9. The lowest BCUT2D eigenvalue weighted by atomic mass is 10.1. The second-order valence-corrected chi connectivity index (χ2v) is 6.17. The summed E-state index contributed by atoms with van der Waals surface area (Å²) in [5.41, 5.74) is 6.15. The van der Waals surface area contributed by atoms with Crippen molar-refractivity contribution < 1.29 is 9.21 Å². The molecule has 132 valence electrons. The monoisotopic (exact) mass is 323 g/mol. The second-order valence-electron chi connectivity index (χ2n) is 6.17. The highest BCUT2D eigenvalue weighted by atomic mass is 16.3. The number of nitrogens with two attached hydrogens (primary N) is 1. The van der Waals surface area contributed by atoms with Gasteiger partial charge in [-0.1, -0.05) is 65.2 Å². The van der Waals surface area contributed by atoms with Gasteiger partial charge in [0, 0.05) is 6.54 Å². The van der Waals surface area contributed by atoms with Crippen LogP contribution in [0.3, 0.4) is 0 Å². The Hall–Kier alpha value is -1.36. The Kier molecular flexibility index (Phi) is 10.4. The van der Waals surface area contributed by atoms with Crippen LogP contribution >= 0.6 is 0 Å². The number of aromatic nitrogens is 1. The molecule has 0 saturated carbocycles. The Balaban J connectivity index is 2.05. The Bertz CT molecular complexity index is 432. The summed E-state index contributed by atoms with van der Waals surface area (Å²) in [5, 5.41) is 2.89. The van der Waals surface area contributed by atoms with E-state index >= 15 is 0 Å². The van der Waals surface area contributed by atoms with Gasteiger partial charge in [-0.2, -0.15) is 0 Å². The van der Waals surface area contributed by atoms with Crippen LogP contribution in [0, 0.1) is 0 Å². The number of rotatable bonds is 13. The summed E-state index contributed by atoms with van der Waals surface area (Å²) in [5.74, 6) is 0.253. The quantitative estimate of drug-likeness (QED) is 0.529. The number of nitrogens with zero attached hydrogens (tertiary/aromatic N) is 1. The lowest BCUT2D eigenvalue weighted by Gasteiger charge is -2.04. The molecule has 5 nitrogen and oxygen atoms in total. The first kappa shape index (κ1) is 19.7. The van der Waals surface area contributed by atoms with Crippen LogP contribution < -0.4 is 11.1 Å². The van der Waals surface area contributed by atoms with Gasteiger partial charge in [-0.15, -0.1) is 0 Å². The Morgan fingerprint density at radius 1 is 1.13 bits per heavy atom. The minimum Gasteiger partial charge on any atom is -0.446 e. The molecular weight excluding hydrogens is 290 g/mol. The largest absolute Gasteiger partial charge is 0.446 e. The maximum Gasteiger partial charge on any atom is 0.273 e. The van der Waals surface area contributed by atoms with E-state index in [1.165, 1.54) is 57.6 Å². The van der Waals surface area contributed by atoms with Crippen LogP contribution in [0.15, 0.2) is 10.7 Å². The molecule has 0 radical (unpaired) electrons. The number of hydrogen-bond acceptors (Lipinski definition) is 4. The zero-order valence-electron chi connectivity index (χ0n) is 14.8. The van der Waals surface area contributed by atoms with Gasteiger partial charge in [-0.3, -0.25) is 4.79 Å². The molecule has 0 bridgehead atoms. The van der Waals surface area contributed by atoms with Crippen LogP contribution in [-0.2, 0) is 0 Å². The van der Waals surface area contributed by atoms with E-state index < -0.39 is 0 Å². The van der Waals surface area contributed by atoms with E-state index in [2.05, 4.69) is 17.2 Å². The smallest absolute Gasteiger partial charge is 0.273 e. The number of unbranched alkanes of at least 4 members (excludes halogenated alkanes) is 8. The highest BCUT2D eigenvalue weighted by molar-refractivity contribution is 5.91. The molecule has 0 aromatic carbocycles. The second kappa shape index (κ2) is 12.1. The molecule has 1 heterocycles. The number of carbonyl (C=O) groups excluding carboxylic acids is 1. The van der Waals surface area contributed by atoms with Gasteiger partial charge in [0.1, 0.15) is 6.26 Å². The number of hydrogen-bond donors (Lipinski definition) is 2. The van der Waals surface area contributed by atoms with Gasteiger partial charge in [0.05, 0.1) is 6.04 Å². The van der Waals surface area contributed by atoms with Gasteiger partial charge < -0.3 is 15.5 Å². The molecule has 3 N–H and O–H groups in total. The topological polar surface area (TPSA) is 81.2 Å². The molecule has 23 heavy (non-hydrogen) atoms. The van der Waals surface area contributed by atoms with Crippen LogP contribution in [-0.4, -0.2) is 17.4 Å². The summed E-state index contributed by atoms with van der Waals surface area (Å²) in [6.45, 7) is 4.89. The molecule has 1 aromatic rings. The SMILES string of the molecule is CCCCCCCCCCCNC(=O)c1coc(C(N)CC)n1. The van der Waals surface area contributed by atoms with Crippen LogP contribution in [0.2, 0.25) is 0 Å². The van der Waals surface area contributed by atoms with E-state index in [0.717, 1.165) is 12.8 Å². The van der Waals surface area contributed by atoms with E-state index in [1.54, 1.807) is 0 Å². The summed E-state index contributed by atoms with van der Waals surface area (Å²) < 4.78 is 5.24. The van der Waals surface area contributed by atoms with Crippen molar-refractivity contribution in [3.8, 4) is 0 Å². The van der Waals surface area contributed by atoms with Gasteiger partial charge in [0.2, 0.25) is 5.89 Å². The minimum atomic E-state index is -0.242. The average Bonchev–Trinajstić information content (AvgIpc) is 3.05. The predicted molar refractivity (Wildman–Crippen MR) is 93.3 cm³/mol. The molecular formula is C18H33N3O2. The molecule has 0 saturated heterocycles. The fourth-order valence-corrected chi connectivity index (χ4v) is 2.46. The maximum absolute atomic E-state index is 11.9. The van der Waals surface area contributed by atoms with Gasteiger partial charge in [0.15, 0.2) is 5.69 Å². The molecule has 0 aliphatic heterocycles. The molecule has 0 fully saturated rings. The first-order valence-electron chi connectivity index (χ1n) is 9.18. The number of oxazole rings is 1. The summed E-state index contributed by atoms with van der Waals surface area (Å²) >= 11 is 0. The van der Waals surface area contributed by atoms with Crippen molar-refractivity contribution in [2.45, 2.75) is 84.1 Å². The van der Waals surface area contributed by atoms with Crippen LogP contribution in [0.5, 0.6) is 0 Å². The van der Waals surface area contributed by atoms with Crippen molar-refractivity contribution in [1.82, 2.24) is 10.3 Å². The summed E-state index contributed by atoms with van der Waals surface area (Å²) in [4.78, 5) is 16.1. The van der Waals surface area contributed by atoms with Crippen LogP contribution in [0.4, 0.5) is 0 Å². The van der Waals surface area contributed by atoms with Gasteiger partial charge in [0.25, 0.3) is 5.91 Å². The van der Waals surface area contributed by atoms with Crippen LogP contribution in [0.25, 0.3) is 0 Å². The van der Waals surface area contributed by atoms with Crippen LogP contribution in [0.1, 0.15) is 100 Å². The fraction of sp³-hybridized carbons (Fsp3) is 0.778. The molecule has 1 unspecified atom stereocenters. The molecule has 5 heteroatoms. The third-order valence-electron chi connectivity index (χ3n) is 4.08. The lowest BCUT2D eigenvalue weighted by molar-refractivity contribution is 0.0948. The first-order chi connectivity index (χ1) is 11.2. The third-order valence-corrected chi connectivity index (χ3v) is 4.08. The van der Waals surface area contributed by atoms with Gasteiger partial charge in [-0.25, -0.2) is 4.98 Å². The molecule has 0 aliphatic rings. The normalized spacial score (nSPS) is 12.3. The van der Waals surface area contributed by atoms with Crippen molar-refractivity contribution in [2.75, 3.05) is 6.54 Å². The van der Waals surface area contributed by atoms with E-state index in [0.29, 0.717) is 18.1 Å². The average molecular weight is 323 g/mol. The van der Waals surface area contributed by atoms with Gasteiger partial charge >= 0.3 is 0 Å². The Morgan fingerprint density at radius 3 is 2.35 bits per heavy atom. The summed E-state index contributed by atoms with van der Waals surface area (Å²) in [6, 6.07) is -0.242. The fourth-order valence-electron chi connectivity index (χ4n) is 2.46. The molecule has 1 aromatic heterocycles. The van der Waals surface area contributed by atoms with Crippen molar-refractivity contribution in [3.05, 3.63) is 17.8 Å². The highest BCUT2D eigenvalue weighted by Crippen LogP contribution is 2.13. The first-order valence-corrected chi connectivity index (χ1v) is 9.18. The van der Waals surface area contributed by atoms with E-state index in [9.17, 15) is 4.79 Å². The lowest BCUT2D eigenvalue weighted by Crippen LogP contribution is -2.25. The number of amides is 1. The van der Waals surface area contributed by atoms with E-state index in [4.69, 9.17) is 10.2 Å². The van der Waals surface area contributed by atoms with E-state index in [1.807, 2.05) is 6.92 Å². The van der Waals surface area contributed by atoms with E-state index in [-0.39, 0.29) is 11.9 Å². The molecule has 1 atom stereocenters. The number of carbonyl (C=O) groups is 1. The summed E-state index contributed by atoms with van der Waals surface area (Å²) in [6.07, 6.45) is 13.6. The minimum absolute atomic E-state index is 0.178. The Morgan fingerprint density at radius 2 is 1.74 bits per heavy atom. The molecule has 0 spiro atoms. The third kappa shape index (κ3) is 8.16.